The summed E-state index contributed by atoms with van der Waals surface area (Å²) in [4.78, 5) is 36.8. The Morgan fingerprint density at radius 3 is 2.32 bits per heavy atom. The minimum Gasteiger partial charge on any atom is -0.507 e. The summed E-state index contributed by atoms with van der Waals surface area (Å²) in [5.74, 6) is -1.96. The van der Waals surface area contributed by atoms with Crippen LogP contribution < -0.4 is 0 Å². The van der Waals surface area contributed by atoms with Crippen molar-refractivity contribution in [1.29, 1.82) is 0 Å². The van der Waals surface area contributed by atoms with Crippen LogP contribution in [0.1, 0.15) is 17.2 Å². The third-order valence-corrected chi connectivity index (χ3v) is 4.66. The van der Waals surface area contributed by atoms with E-state index in [0.29, 0.717) is 16.1 Å². The van der Waals surface area contributed by atoms with E-state index in [9.17, 15) is 24.8 Å². The van der Waals surface area contributed by atoms with Gasteiger partial charge in [-0.25, -0.2) is 0 Å². The van der Waals surface area contributed by atoms with Crippen LogP contribution in [0.2, 0.25) is 5.02 Å². The number of benzene rings is 2. The zero-order chi connectivity index (χ0) is 20.4. The van der Waals surface area contributed by atoms with Gasteiger partial charge in [0.1, 0.15) is 5.76 Å². The summed E-state index contributed by atoms with van der Waals surface area (Å²) in [5.41, 5.74) is 0.570. The first-order valence-corrected chi connectivity index (χ1v) is 8.62. The molecule has 1 aliphatic heterocycles. The van der Waals surface area contributed by atoms with Gasteiger partial charge in [-0.1, -0.05) is 17.7 Å². The molecule has 1 atom stereocenters. The lowest BCUT2D eigenvalue weighted by atomic mass is 9.95. The van der Waals surface area contributed by atoms with Crippen molar-refractivity contribution in [3.63, 3.8) is 0 Å². The quantitative estimate of drug-likeness (QED) is 0.206. The topological polar surface area (TPSA) is 101 Å². The molecule has 0 bridgehead atoms. The van der Waals surface area contributed by atoms with E-state index in [1.165, 1.54) is 47.4 Å². The number of nitro benzene ring substituents is 1. The molecule has 0 aliphatic carbocycles. The molecule has 1 saturated heterocycles. The molecule has 1 fully saturated rings. The minimum atomic E-state index is -0.894. The number of aliphatic hydroxyl groups excluding tert-OH is 1. The second kappa shape index (κ2) is 7.66. The van der Waals surface area contributed by atoms with Gasteiger partial charge in [0.05, 0.1) is 16.5 Å². The highest BCUT2D eigenvalue weighted by atomic mass is 35.5. The molecule has 0 saturated carbocycles. The number of amides is 1. The zero-order valence-corrected chi connectivity index (χ0v) is 15.3. The number of rotatable bonds is 5. The summed E-state index contributed by atoms with van der Waals surface area (Å²) >= 11 is 5.86. The molecule has 142 valence electrons. The number of halogens is 1. The fourth-order valence-corrected chi connectivity index (χ4v) is 3.22. The lowest BCUT2D eigenvalue weighted by molar-refractivity contribution is -0.384. The van der Waals surface area contributed by atoms with Crippen molar-refractivity contribution in [1.82, 2.24) is 4.90 Å². The molecule has 3 rings (SSSR count). The predicted molar refractivity (Wildman–Crippen MR) is 104 cm³/mol. The highest BCUT2D eigenvalue weighted by molar-refractivity contribution is 6.46. The maximum Gasteiger partial charge on any atom is 0.295 e. The van der Waals surface area contributed by atoms with E-state index in [0.717, 1.165) is 0 Å². The Morgan fingerprint density at radius 2 is 1.79 bits per heavy atom. The van der Waals surface area contributed by atoms with E-state index in [4.69, 9.17) is 11.6 Å². The number of carbonyl (C=O) groups is 2. The van der Waals surface area contributed by atoms with Gasteiger partial charge in [0, 0.05) is 29.3 Å². The molecule has 0 unspecified atom stereocenters. The van der Waals surface area contributed by atoms with Gasteiger partial charge in [0.2, 0.25) is 0 Å². The number of Topliss-reactive ketones (excluding diaryl/α,β-unsaturated/α-hetero) is 1. The lowest BCUT2D eigenvalue weighted by Gasteiger charge is -2.24. The number of ketones is 1. The van der Waals surface area contributed by atoms with Crippen molar-refractivity contribution in [2.75, 3.05) is 6.54 Å². The van der Waals surface area contributed by atoms with E-state index in [-0.39, 0.29) is 23.6 Å². The average molecular weight is 399 g/mol. The molecule has 0 radical (unpaired) electrons. The van der Waals surface area contributed by atoms with Crippen LogP contribution in [0.5, 0.6) is 0 Å². The molecule has 7 nitrogen and oxygen atoms in total. The summed E-state index contributed by atoms with van der Waals surface area (Å²) in [6.07, 6.45) is 1.46. The lowest BCUT2D eigenvalue weighted by Crippen LogP contribution is -2.29. The molecule has 2 aromatic rings. The number of hydrogen-bond donors (Lipinski definition) is 1. The Labute approximate surface area is 165 Å². The molecule has 1 heterocycles. The van der Waals surface area contributed by atoms with Crippen LogP contribution in [0.3, 0.4) is 0 Å². The van der Waals surface area contributed by atoms with Gasteiger partial charge in [-0.05, 0) is 42.0 Å². The van der Waals surface area contributed by atoms with E-state index < -0.39 is 22.7 Å². The Hall–Kier alpha value is -3.45. The normalized spacial score (nSPS) is 18.3. The van der Waals surface area contributed by atoms with E-state index >= 15 is 0 Å². The zero-order valence-electron chi connectivity index (χ0n) is 14.5. The van der Waals surface area contributed by atoms with E-state index in [1.54, 1.807) is 12.1 Å². The standard InChI is InChI=1S/C20H15ClN2O5/c1-2-11-22-17(12-5-9-15(10-6-12)23(27)28)16(19(25)20(22)26)18(24)13-3-7-14(21)8-4-13/h2-10,17,24H,1,11H2/t17-/m1/s1. The summed E-state index contributed by atoms with van der Waals surface area (Å²) in [5, 5.41) is 22.1. The Balaban J connectivity index is 2.17. The highest BCUT2D eigenvalue weighted by Gasteiger charge is 2.45. The summed E-state index contributed by atoms with van der Waals surface area (Å²) in [7, 11) is 0. The third-order valence-electron chi connectivity index (χ3n) is 4.40. The predicted octanol–water partition coefficient (Wildman–Crippen LogP) is 3.86. The second-order valence-electron chi connectivity index (χ2n) is 6.10. The van der Waals surface area contributed by atoms with Crippen LogP contribution in [0.4, 0.5) is 5.69 Å². The van der Waals surface area contributed by atoms with Crippen molar-refractivity contribution in [3.05, 3.63) is 93.0 Å². The monoisotopic (exact) mass is 398 g/mol. The first-order valence-electron chi connectivity index (χ1n) is 8.24. The summed E-state index contributed by atoms with van der Waals surface area (Å²) in [6.45, 7) is 3.67. The van der Waals surface area contributed by atoms with Crippen molar-refractivity contribution < 1.29 is 19.6 Å². The molecule has 28 heavy (non-hydrogen) atoms. The minimum absolute atomic E-state index is 0.0730. The SMILES string of the molecule is C=CCN1C(=O)C(=O)C(=C(O)c2ccc(Cl)cc2)[C@H]1c1ccc([N+](=O)[O-])cc1. The molecule has 2 aromatic carbocycles. The number of non-ortho nitro benzene ring substituents is 1. The summed E-state index contributed by atoms with van der Waals surface area (Å²) < 4.78 is 0. The van der Waals surface area contributed by atoms with Gasteiger partial charge in [-0.15, -0.1) is 6.58 Å². The Morgan fingerprint density at radius 1 is 1.18 bits per heavy atom. The molecule has 1 N–H and O–H groups in total. The molecule has 0 aromatic heterocycles. The molecule has 1 amide bonds. The number of aliphatic hydroxyl groups is 1. The first-order chi connectivity index (χ1) is 13.3. The third kappa shape index (κ3) is 3.39. The number of nitrogens with zero attached hydrogens (tertiary/aromatic N) is 2. The molecular weight excluding hydrogens is 384 g/mol. The van der Waals surface area contributed by atoms with Crippen molar-refractivity contribution in [3.8, 4) is 0 Å². The van der Waals surface area contributed by atoms with Crippen LogP contribution in [0.15, 0.2) is 66.8 Å². The fraction of sp³-hybridized carbons (Fsp3) is 0.100. The first kappa shape index (κ1) is 19.3. The van der Waals surface area contributed by atoms with Gasteiger partial charge < -0.3 is 10.0 Å². The molecule has 1 aliphatic rings. The smallest absolute Gasteiger partial charge is 0.295 e. The number of carbonyl (C=O) groups excluding carboxylic acids is 2. The summed E-state index contributed by atoms with van der Waals surface area (Å²) in [6, 6.07) is 10.8. The maximum absolute atomic E-state index is 12.7. The maximum atomic E-state index is 12.7. The van der Waals surface area contributed by atoms with Crippen molar-refractivity contribution in [2.24, 2.45) is 0 Å². The average Bonchev–Trinajstić information content (AvgIpc) is 2.93. The van der Waals surface area contributed by atoms with Crippen molar-refractivity contribution >= 4 is 34.7 Å². The van der Waals surface area contributed by atoms with Gasteiger partial charge in [-0.2, -0.15) is 0 Å². The number of hydrogen-bond acceptors (Lipinski definition) is 5. The number of nitro groups is 1. The molecule has 8 heteroatoms. The Kier molecular flexibility index (Phi) is 5.28. The largest absolute Gasteiger partial charge is 0.507 e. The van der Waals surface area contributed by atoms with Gasteiger partial charge in [0.25, 0.3) is 17.4 Å². The van der Waals surface area contributed by atoms with Crippen LogP contribution in [-0.4, -0.2) is 33.2 Å². The van der Waals surface area contributed by atoms with Crippen LogP contribution >= 0.6 is 11.6 Å². The fourth-order valence-electron chi connectivity index (χ4n) is 3.10. The molecular formula is C20H15ClN2O5. The molecule has 0 spiro atoms. The van der Waals surface area contributed by atoms with E-state index in [2.05, 4.69) is 6.58 Å². The van der Waals surface area contributed by atoms with Gasteiger partial charge in [-0.3, -0.25) is 19.7 Å². The second-order valence-corrected chi connectivity index (χ2v) is 6.53. The highest BCUT2D eigenvalue weighted by Crippen LogP contribution is 2.39. The van der Waals surface area contributed by atoms with Crippen LogP contribution in [0.25, 0.3) is 5.76 Å². The van der Waals surface area contributed by atoms with Crippen molar-refractivity contribution in [2.45, 2.75) is 6.04 Å². The van der Waals surface area contributed by atoms with Gasteiger partial charge in [0.15, 0.2) is 0 Å². The number of likely N-dealkylation sites (tertiary alicyclic amines) is 1. The Bertz CT molecular complexity index is 996. The van der Waals surface area contributed by atoms with Crippen LogP contribution in [-0.2, 0) is 9.59 Å². The van der Waals surface area contributed by atoms with Gasteiger partial charge >= 0.3 is 0 Å². The van der Waals surface area contributed by atoms with E-state index in [1.807, 2.05) is 0 Å². The van der Waals surface area contributed by atoms with Crippen LogP contribution in [0, 0.1) is 10.1 Å².